The number of hydrogen-bond donors (Lipinski definition) is 6. The van der Waals surface area contributed by atoms with Gasteiger partial charge in [0.25, 0.3) is 0 Å². The average molecular weight is 388 g/mol. The Hall–Kier alpha value is -2.46. The number of benzene rings is 2. The molecule has 0 saturated heterocycles. The molecule has 0 aliphatic heterocycles. The van der Waals surface area contributed by atoms with E-state index in [-0.39, 0.29) is 11.1 Å². The SMILES string of the molecule is O=C(c1ccccc1)[C@@]1(O)C(O)[C@](O)(C(=O)c2ccccc2)[C@@H](O)C(O)[C@@H]1O. The van der Waals surface area contributed by atoms with E-state index in [1.807, 2.05) is 0 Å². The normalized spacial score (nSPS) is 35.4. The van der Waals surface area contributed by atoms with Gasteiger partial charge in [0.15, 0.2) is 22.8 Å². The Kier molecular flexibility index (Phi) is 5.20. The quantitative estimate of drug-likeness (QED) is 0.352. The fraction of sp³-hybridized carbons (Fsp3) is 0.300. The van der Waals surface area contributed by atoms with Crippen molar-refractivity contribution in [1.82, 2.24) is 0 Å². The van der Waals surface area contributed by atoms with Crippen LogP contribution in [-0.4, -0.2) is 77.8 Å². The van der Waals surface area contributed by atoms with Crippen molar-refractivity contribution in [3.05, 3.63) is 71.8 Å². The molecule has 8 nitrogen and oxygen atoms in total. The van der Waals surface area contributed by atoms with Gasteiger partial charge in [0.1, 0.15) is 24.4 Å². The molecule has 0 bridgehead atoms. The predicted molar refractivity (Wildman–Crippen MR) is 95.5 cm³/mol. The van der Waals surface area contributed by atoms with Gasteiger partial charge in [-0.25, -0.2) is 0 Å². The molecule has 1 saturated carbocycles. The molecule has 148 valence electrons. The van der Waals surface area contributed by atoms with Gasteiger partial charge in [-0.2, -0.15) is 0 Å². The van der Waals surface area contributed by atoms with Crippen LogP contribution in [0.4, 0.5) is 0 Å². The zero-order valence-electron chi connectivity index (χ0n) is 14.6. The minimum atomic E-state index is -3.15. The number of rotatable bonds is 4. The molecule has 2 aromatic rings. The van der Waals surface area contributed by atoms with Crippen LogP contribution in [0.1, 0.15) is 20.7 Å². The minimum Gasteiger partial charge on any atom is -0.387 e. The molecular formula is C20H20O8. The summed E-state index contributed by atoms with van der Waals surface area (Å²) in [5.41, 5.74) is -6.58. The number of carbonyl (C=O) groups excluding carboxylic acids is 2. The van der Waals surface area contributed by atoms with Crippen LogP contribution >= 0.6 is 0 Å². The smallest absolute Gasteiger partial charge is 0.199 e. The topological polar surface area (TPSA) is 156 Å². The van der Waals surface area contributed by atoms with Crippen LogP contribution in [0.2, 0.25) is 0 Å². The summed E-state index contributed by atoms with van der Waals surface area (Å²) in [4.78, 5) is 25.7. The van der Waals surface area contributed by atoms with Crippen LogP contribution in [0.25, 0.3) is 0 Å². The zero-order chi connectivity index (χ0) is 20.7. The summed E-state index contributed by atoms with van der Waals surface area (Å²) < 4.78 is 0. The highest BCUT2D eigenvalue weighted by molar-refractivity contribution is 6.07. The Labute approximate surface area is 159 Å². The maximum atomic E-state index is 12.9. The van der Waals surface area contributed by atoms with Crippen molar-refractivity contribution in [3.8, 4) is 0 Å². The largest absolute Gasteiger partial charge is 0.387 e. The number of carbonyl (C=O) groups is 2. The highest BCUT2D eigenvalue weighted by atomic mass is 16.4. The average Bonchev–Trinajstić information content (AvgIpc) is 2.75. The molecule has 0 amide bonds. The first-order chi connectivity index (χ1) is 13.2. The number of aliphatic hydroxyl groups excluding tert-OH is 4. The van der Waals surface area contributed by atoms with E-state index in [2.05, 4.69) is 0 Å². The van der Waals surface area contributed by atoms with Crippen molar-refractivity contribution in [2.45, 2.75) is 35.6 Å². The number of hydrogen-bond acceptors (Lipinski definition) is 8. The summed E-state index contributed by atoms with van der Waals surface area (Å²) in [6, 6.07) is 14.2. The molecule has 1 aliphatic rings. The van der Waals surface area contributed by atoms with Crippen LogP contribution in [0.3, 0.4) is 0 Å². The van der Waals surface area contributed by atoms with Gasteiger partial charge >= 0.3 is 0 Å². The third-order valence-corrected chi connectivity index (χ3v) is 5.18. The van der Waals surface area contributed by atoms with Crippen LogP contribution < -0.4 is 0 Å². The van der Waals surface area contributed by atoms with Crippen molar-refractivity contribution in [1.29, 1.82) is 0 Å². The molecule has 3 rings (SSSR count). The molecule has 0 spiro atoms. The lowest BCUT2D eigenvalue weighted by Crippen LogP contribution is -2.80. The van der Waals surface area contributed by atoms with E-state index >= 15 is 0 Å². The van der Waals surface area contributed by atoms with Crippen LogP contribution in [-0.2, 0) is 0 Å². The van der Waals surface area contributed by atoms with Crippen molar-refractivity contribution in [2.24, 2.45) is 0 Å². The molecule has 0 unspecified atom stereocenters. The second kappa shape index (κ2) is 7.17. The third-order valence-electron chi connectivity index (χ3n) is 5.18. The Morgan fingerprint density at radius 2 is 0.964 bits per heavy atom. The maximum Gasteiger partial charge on any atom is 0.199 e. The highest BCUT2D eigenvalue weighted by Gasteiger charge is 2.70. The van der Waals surface area contributed by atoms with Crippen molar-refractivity contribution in [3.63, 3.8) is 0 Å². The number of Topliss-reactive ketones (excluding diaryl/α,β-unsaturated/α-hetero) is 2. The first kappa shape index (κ1) is 20.3. The molecule has 2 aromatic carbocycles. The molecule has 1 fully saturated rings. The lowest BCUT2D eigenvalue weighted by atomic mass is 9.63. The van der Waals surface area contributed by atoms with E-state index in [1.165, 1.54) is 48.5 Å². The molecular weight excluding hydrogens is 368 g/mol. The molecule has 8 heteroatoms. The summed E-state index contributed by atoms with van der Waals surface area (Å²) in [5.74, 6) is -2.45. The summed E-state index contributed by atoms with van der Waals surface area (Å²) >= 11 is 0. The van der Waals surface area contributed by atoms with Gasteiger partial charge in [0.2, 0.25) is 0 Å². The fourth-order valence-electron chi connectivity index (χ4n) is 3.51. The van der Waals surface area contributed by atoms with Crippen molar-refractivity contribution < 1.29 is 40.2 Å². The molecule has 0 aromatic heterocycles. The third kappa shape index (κ3) is 2.78. The van der Waals surface area contributed by atoms with E-state index in [9.17, 15) is 40.2 Å². The first-order valence-electron chi connectivity index (χ1n) is 8.53. The molecule has 0 radical (unpaired) electrons. The zero-order valence-corrected chi connectivity index (χ0v) is 14.6. The Morgan fingerprint density at radius 1 is 0.643 bits per heavy atom. The molecule has 4 atom stereocenters. The van der Waals surface area contributed by atoms with Gasteiger partial charge in [-0.1, -0.05) is 60.7 Å². The minimum absolute atomic E-state index is 0.138. The van der Waals surface area contributed by atoms with Crippen LogP contribution in [0, 0.1) is 0 Å². The molecule has 28 heavy (non-hydrogen) atoms. The van der Waals surface area contributed by atoms with Gasteiger partial charge < -0.3 is 30.6 Å². The maximum absolute atomic E-state index is 12.9. The number of aliphatic hydroxyl groups is 6. The fourth-order valence-corrected chi connectivity index (χ4v) is 3.51. The predicted octanol–water partition coefficient (Wildman–Crippen LogP) is -1.33. The monoisotopic (exact) mass is 388 g/mol. The van der Waals surface area contributed by atoms with Crippen LogP contribution in [0.5, 0.6) is 0 Å². The van der Waals surface area contributed by atoms with Crippen molar-refractivity contribution in [2.75, 3.05) is 0 Å². The second-order valence-electron chi connectivity index (χ2n) is 6.82. The van der Waals surface area contributed by atoms with Gasteiger partial charge in [0, 0.05) is 11.1 Å². The van der Waals surface area contributed by atoms with E-state index in [0.29, 0.717) is 0 Å². The summed E-state index contributed by atoms with van der Waals surface area (Å²) in [6.45, 7) is 0. The standard InChI is InChI=1S/C20H20O8/c21-13-16(24)19(27,14(22)11-7-3-1-4-8-11)18(26)20(28,17(13)25)15(23)12-9-5-2-6-10-12/h1-10,13,16-18,21,24-28H/t13?,16-,17-,18?,19-,20-/m0/s1. The van der Waals surface area contributed by atoms with Crippen LogP contribution in [0.15, 0.2) is 60.7 Å². The van der Waals surface area contributed by atoms with E-state index in [1.54, 1.807) is 12.1 Å². The molecule has 0 heterocycles. The van der Waals surface area contributed by atoms with Gasteiger partial charge in [-0.3, -0.25) is 9.59 Å². The van der Waals surface area contributed by atoms with Gasteiger partial charge in [-0.05, 0) is 0 Å². The summed E-state index contributed by atoms with van der Waals surface area (Å²) in [6.07, 6.45) is -9.66. The van der Waals surface area contributed by atoms with Gasteiger partial charge in [0.05, 0.1) is 0 Å². The Bertz CT molecular complexity index is 799. The van der Waals surface area contributed by atoms with Gasteiger partial charge in [-0.15, -0.1) is 0 Å². The van der Waals surface area contributed by atoms with Crippen molar-refractivity contribution >= 4 is 11.6 Å². The molecule has 6 N–H and O–H groups in total. The Morgan fingerprint density at radius 3 is 1.29 bits per heavy atom. The highest BCUT2D eigenvalue weighted by Crippen LogP contribution is 2.40. The lowest BCUT2D eigenvalue weighted by molar-refractivity contribution is -0.271. The van der Waals surface area contributed by atoms with E-state index in [4.69, 9.17) is 0 Å². The number of ketones is 2. The Balaban J connectivity index is 2.12. The van der Waals surface area contributed by atoms with E-state index in [0.717, 1.165) is 0 Å². The summed E-state index contributed by atoms with van der Waals surface area (Å²) in [7, 11) is 0. The summed E-state index contributed by atoms with van der Waals surface area (Å²) in [5, 5.41) is 63.3. The second-order valence-corrected chi connectivity index (χ2v) is 6.82. The van der Waals surface area contributed by atoms with E-state index < -0.39 is 47.2 Å². The lowest BCUT2D eigenvalue weighted by Gasteiger charge is -2.51. The molecule has 1 aliphatic carbocycles. The first-order valence-corrected chi connectivity index (χ1v) is 8.53.